The molecular formula is C28H32Cl2N4O6S. The van der Waals surface area contributed by atoms with Gasteiger partial charge in [-0.15, -0.1) is 0 Å². The summed E-state index contributed by atoms with van der Waals surface area (Å²) in [5, 5.41) is 5.69. The summed E-state index contributed by atoms with van der Waals surface area (Å²) < 4.78 is 10.6. The maximum absolute atomic E-state index is 12.8. The van der Waals surface area contributed by atoms with Crippen molar-refractivity contribution in [2.75, 3.05) is 19.7 Å². The molecule has 0 bridgehead atoms. The highest BCUT2D eigenvalue weighted by molar-refractivity contribution is 8.13. The van der Waals surface area contributed by atoms with E-state index in [1.54, 1.807) is 39.0 Å². The molecule has 3 rings (SSSR count). The van der Waals surface area contributed by atoms with Crippen molar-refractivity contribution in [1.82, 2.24) is 20.5 Å². The number of nitrogens with one attached hydrogen (secondary N) is 2. The summed E-state index contributed by atoms with van der Waals surface area (Å²) in [6.07, 6.45) is 2.64. The topological polar surface area (TPSA) is 127 Å². The summed E-state index contributed by atoms with van der Waals surface area (Å²) >= 11 is 12.9. The molecule has 2 atom stereocenters. The molecule has 1 aliphatic heterocycles. The first-order valence-corrected chi connectivity index (χ1v) is 14.4. The zero-order valence-corrected chi connectivity index (χ0v) is 25.3. The fraction of sp³-hybridized carbons (Fsp3) is 0.393. The van der Waals surface area contributed by atoms with Crippen LogP contribution in [0.3, 0.4) is 0 Å². The Bertz CT molecular complexity index is 1290. The maximum Gasteiger partial charge on any atom is 0.410 e. The average Bonchev–Trinajstić information content (AvgIpc) is 3.32. The van der Waals surface area contributed by atoms with Crippen LogP contribution in [0.5, 0.6) is 0 Å². The number of hydrogen-bond acceptors (Lipinski definition) is 8. The van der Waals surface area contributed by atoms with Gasteiger partial charge in [0, 0.05) is 31.1 Å². The minimum Gasteiger partial charge on any atom is -0.452 e. The van der Waals surface area contributed by atoms with Crippen LogP contribution in [-0.4, -0.2) is 69.7 Å². The number of hydrogen-bond donors (Lipinski definition) is 2. The van der Waals surface area contributed by atoms with Gasteiger partial charge >= 0.3 is 11.4 Å². The minimum absolute atomic E-state index is 0.0373. The highest BCUT2D eigenvalue weighted by Gasteiger charge is 2.38. The lowest BCUT2D eigenvalue weighted by molar-refractivity contribution is 0.0736. The van der Waals surface area contributed by atoms with E-state index in [-0.39, 0.29) is 48.7 Å². The maximum atomic E-state index is 12.8. The highest BCUT2D eigenvalue weighted by Crippen LogP contribution is 2.30. The number of halogens is 2. The van der Waals surface area contributed by atoms with Crippen LogP contribution in [0.4, 0.5) is 9.59 Å². The Hall–Kier alpha value is -3.28. The first-order valence-electron chi connectivity index (χ1n) is 12.8. The van der Waals surface area contributed by atoms with Crippen molar-refractivity contribution < 1.29 is 28.7 Å². The average molecular weight is 624 g/mol. The molecule has 3 amide bonds. The lowest BCUT2D eigenvalue weighted by atomic mass is 10.2. The monoisotopic (exact) mass is 622 g/mol. The second-order valence-corrected chi connectivity index (χ2v) is 12.2. The molecule has 0 spiro atoms. The van der Waals surface area contributed by atoms with E-state index in [1.807, 2.05) is 0 Å². The summed E-state index contributed by atoms with van der Waals surface area (Å²) in [5.74, 6) is -0.848. The Morgan fingerprint density at radius 1 is 1.12 bits per heavy atom. The highest BCUT2D eigenvalue weighted by atomic mass is 35.5. The van der Waals surface area contributed by atoms with Gasteiger partial charge in [-0.05, 0) is 68.8 Å². The molecule has 0 saturated carbocycles. The van der Waals surface area contributed by atoms with Crippen molar-refractivity contribution >= 4 is 58.2 Å². The third-order valence-corrected chi connectivity index (χ3v) is 7.47. The molecule has 0 aliphatic carbocycles. The minimum atomic E-state index is -0.632. The van der Waals surface area contributed by atoms with Crippen molar-refractivity contribution in [2.45, 2.75) is 50.6 Å². The van der Waals surface area contributed by atoms with Gasteiger partial charge in [-0.1, -0.05) is 41.9 Å². The van der Waals surface area contributed by atoms with Crippen LogP contribution in [0.1, 0.15) is 53.6 Å². The number of amides is 3. The molecule has 1 saturated heterocycles. The van der Waals surface area contributed by atoms with Crippen molar-refractivity contribution in [3.8, 4) is 0 Å². The standard InChI is InChI=1S/C28H32Cl2N4O6S/c1-5-10-39-26(37)34-16-20(41-27(38)40-28(2,3)4)12-19(34)15-33-25(36)23-9-7-18(14-31-23)24(35)32-13-17-6-8-21(29)22(30)11-17/h5-9,11,14,19-20H,1,10,12-13,15-16H2,2-4H3,(H,32,35)(H,33,36)/t19-,20-/m0/s1. The number of aromatic nitrogens is 1. The number of likely N-dealkylation sites (tertiary alicyclic amines) is 1. The quantitative estimate of drug-likeness (QED) is 0.278. The first kappa shape index (κ1) is 32.2. The second-order valence-electron chi connectivity index (χ2n) is 10.2. The van der Waals surface area contributed by atoms with Crippen molar-refractivity contribution in [3.63, 3.8) is 0 Å². The van der Waals surface area contributed by atoms with E-state index >= 15 is 0 Å². The summed E-state index contributed by atoms with van der Waals surface area (Å²) in [6, 6.07) is 7.59. The number of carbonyl (C=O) groups is 4. The molecule has 2 heterocycles. The van der Waals surface area contributed by atoms with E-state index in [0.717, 1.165) is 17.3 Å². The summed E-state index contributed by atoms with van der Waals surface area (Å²) in [5.41, 5.74) is 0.519. The molecule has 2 N–H and O–H groups in total. The van der Waals surface area contributed by atoms with Crippen molar-refractivity contribution in [2.24, 2.45) is 0 Å². The predicted octanol–water partition coefficient (Wildman–Crippen LogP) is 5.48. The third kappa shape index (κ3) is 9.94. The fourth-order valence-electron chi connectivity index (χ4n) is 3.90. The van der Waals surface area contributed by atoms with Gasteiger partial charge in [0.2, 0.25) is 0 Å². The molecule has 1 aliphatic rings. The zero-order chi connectivity index (χ0) is 30.2. The molecule has 220 valence electrons. The second kappa shape index (κ2) is 14.6. The summed E-state index contributed by atoms with van der Waals surface area (Å²) in [4.78, 5) is 55.8. The van der Waals surface area contributed by atoms with E-state index in [9.17, 15) is 19.2 Å². The van der Waals surface area contributed by atoms with Gasteiger partial charge in [-0.2, -0.15) is 0 Å². The summed E-state index contributed by atoms with van der Waals surface area (Å²) in [7, 11) is 0. The Balaban J connectivity index is 1.56. The fourth-order valence-corrected chi connectivity index (χ4v) is 5.34. The Labute approximate surface area is 253 Å². The number of ether oxygens (including phenoxy) is 2. The summed E-state index contributed by atoms with van der Waals surface area (Å²) in [6.45, 7) is 9.53. The first-order chi connectivity index (χ1) is 19.4. The largest absolute Gasteiger partial charge is 0.452 e. The molecule has 2 aromatic rings. The van der Waals surface area contributed by atoms with E-state index < -0.39 is 28.9 Å². The van der Waals surface area contributed by atoms with Gasteiger partial charge in [0.1, 0.15) is 17.9 Å². The number of carbonyl (C=O) groups excluding carboxylic acids is 4. The van der Waals surface area contributed by atoms with Gasteiger partial charge in [0.05, 0.1) is 21.7 Å². The number of pyridine rings is 1. The van der Waals surface area contributed by atoms with Crippen LogP contribution in [-0.2, 0) is 16.0 Å². The van der Waals surface area contributed by atoms with Crippen LogP contribution in [0.2, 0.25) is 10.0 Å². The number of benzene rings is 1. The van der Waals surface area contributed by atoms with Crippen LogP contribution < -0.4 is 10.6 Å². The Morgan fingerprint density at radius 3 is 2.51 bits per heavy atom. The van der Waals surface area contributed by atoms with Gasteiger partial charge in [-0.25, -0.2) is 9.59 Å². The molecule has 13 heteroatoms. The molecule has 1 fully saturated rings. The van der Waals surface area contributed by atoms with Crippen LogP contribution >= 0.6 is 35.0 Å². The Morgan fingerprint density at radius 2 is 1.88 bits per heavy atom. The lowest BCUT2D eigenvalue weighted by Gasteiger charge is -2.23. The van der Waals surface area contributed by atoms with Crippen LogP contribution in [0.15, 0.2) is 49.2 Å². The van der Waals surface area contributed by atoms with Crippen LogP contribution in [0, 0.1) is 0 Å². The number of thioether (sulfide) groups is 1. The molecule has 41 heavy (non-hydrogen) atoms. The van der Waals surface area contributed by atoms with Crippen molar-refractivity contribution in [1.29, 1.82) is 0 Å². The normalized spacial score (nSPS) is 16.6. The number of rotatable bonds is 9. The molecule has 1 aromatic carbocycles. The molecule has 0 unspecified atom stereocenters. The van der Waals surface area contributed by atoms with E-state index in [2.05, 4.69) is 22.2 Å². The van der Waals surface area contributed by atoms with Gasteiger partial charge in [-0.3, -0.25) is 14.6 Å². The predicted molar refractivity (Wildman–Crippen MR) is 158 cm³/mol. The van der Waals surface area contributed by atoms with Crippen molar-refractivity contribution in [3.05, 3.63) is 76.0 Å². The zero-order valence-electron chi connectivity index (χ0n) is 22.9. The van der Waals surface area contributed by atoms with E-state index in [1.165, 1.54) is 29.3 Å². The third-order valence-electron chi connectivity index (χ3n) is 5.78. The van der Waals surface area contributed by atoms with Gasteiger partial charge < -0.3 is 25.0 Å². The van der Waals surface area contributed by atoms with Gasteiger partial charge in [0.15, 0.2) is 0 Å². The molecule has 10 nitrogen and oxygen atoms in total. The van der Waals surface area contributed by atoms with Gasteiger partial charge in [0.25, 0.3) is 11.8 Å². The SMILES string of the molecule is C=CCOC(=O)N1C[C@@H](SC(=O)OC(C)(C)C)C[C@H]1CNC(=O)c1ccc(C(=O)NCc2ccc(Cl)c(Cl)c2)cn1. The molecule has 1 aromatic heterocycles. The lowest BCUT2D eigenvalue weighted by Crippen LogP contribution is -2.43. The Kier molecular flexibility index (Phi) is 11.5. The molecular weight excluding hydrogens is 591 g/mol. The van der Waals surface area contributed by atoms with E-state index in [4.69, 9.17) is 32.7 Å². The smallest absolute Gasteiger partial charge is 0.410 e. The number of nitrogens with zero attached hydrogens (tertiary/aromatic N) is 2. The van der Waals surface area contributed by atoms with Crippen LogP contribution in [0.25, 0.3) is 0 Å². The molecule has 0 radical (unpaired) electrons. The van der Waals surface area contributed by atoms with E-state index in [0.29, 0.717) is 16.5 Å².